The monoisotopic (exact) mass is 395 g/mol. The van der Waals surface area contributed by atoms with Crippen LogP contribution in [0, 0.1) is 12.3 Å². The highest BCUT2D eigenvalue weighted by molar-refractivity contribution is 14.0. The second kappa shape index (κ2) is 16.1. The average molecular weight is 395 g/mol. The van der Waals surface area contributed by atoms with Gasteiger partial charge in [0.2, 0.25) is 0 Å². The molecule has 116 valence electrons. The zero-order chi connectivity index (χ0) is 14.3. The van der Waals surface area contributed by atoms with Gasteiger partial charge in [-0.1, -0.05) is 18.8 Å². The third-order valence-electron chi connectivity index (χ3n) is 2.49. The molecular formula is C14H26IN3O2. The van der Waals surface area contributed by atoms with Crippen LogP contribution >= 0.6 is 24.0 Å². The number of guanidine groups is 1. The molecule has 0 aliphatic rings. The highest BCUT2D eigenvalue weighted by Gasteiger charge is 1.99. The lowest BCUT2D eigenvalue weighted by atomic mass is 10.1. The van der Waals surface area contributed by atoms with Crippen molar-refractivity contribution in [2.75, 3.05) is 26.7 Å². The first-order chi connectivity index (χ1) is 9.24. The summed E-state index contributed by atoms with van der Waals surface area (Å²) in [5.74, 6) is 3.14. The lowest BCUT2D eigenvalue weighted by Crippen LogP contribution is -2.37. The Morgan fingerprint density at radius 1 is 1.25 bits per heavy atom. The van der Waals surface area contributed by atoms with Gasteiger partial charge in [-0.05, 0) is 19.8 Å². The van der Waals surface area contributed by atoms with Crippen molar-refractivity contribution >= 4 is 35.9 Å². The van der Waals surface area contributed by atoms with E-state index >= 15 is 0 Å². The lowest BCUT2D eigenvalue weighted by molar-refractivity contribution is -0.140. The number of esters is 1. The smallest absolute Gasteiger partial charge is 0.305 e. The molecule has 0 amide bonds. The van der Waals surface area contributed by atoms with E-state index in [1.165, 1.54) is 7.11 Å². The Morgan fingerprint density at radius 3 is 2.55 bits per heavy atom. The number of nitrogens with one attached hydrogen (secondary N) is 2. The van der Waals surface area contributed by atoms with E-state index < -0.39 is 0 Å². The summed E-state index contributed by atoms with van der Waals surface area (Å²) < 4.78 is 4.58. The molecule has 5 nitrogen and oxygen atoms in total. The van der Waals surface area contributed by atoms with Crippen LogP contribution < -0.4 is 10.6 Å². The first kappa shape index (κ1) is 21.3. The molecule has 0 heterocycles. The van der Waals surface area contributed by atoms with E-state index in [4.69, 9.17) is 6.42 Å². The predicted molar refractivity (Wildman–Crippen MR) is 93.3 cm³/mol. The zero-order valence-corrected chi connectivity index (χ0v) is 14.7. The van der Waals surface area contributed by atoms with Crippen molar-refractivity contribution in [1.29, 1.82) is 0 Å². The third-order valence-corrected chi connectivity index (χ3v) is 2.49. The van der Waals surface area contributed by atoms with Gasteiger partial charge in [-0.25, -0.2) is 0 Å². The molecule has 6 heteroatoms. The van der Waals surface area contributed by atoms with Gasteiger partial charge < -0.3 is 15.4 Å². The first-order valence-electron chi connectivity index (χ1n) is 6.77. The number of ether oxygens (including phenoxy) is 1. The molecule has 0 aromatic rings. The van der Waals surface area contributed by atoms with E-state index in [-0.39, 0.29) is 29.9 Å². The Kier molecular flexibility index (Phi) is 17.2. The van der Waals surface area contributed by atoms with E-state index in [0.717, 1.165) is 44.7 Å². The maximum Gasteiger partial charge on any atom is 0.305 e. The summed E-state index contributed by atoms with van der Waals surface area (Å²) in [6, 6.07) is 0. The summed E-state index contributed by atoms with van der Waals surface area (Å²) in [6.45, 7) is 4.07. The van der Waals surface area contributed by atoms with Gasteiger partial charge >= 0.3 is 5.97 Å². The number of nitrogens with zero attached hydrogens (tertiary/aromatic N) is 1. The molecular weight excluding hydrogens is 369 g/mol. The SMILES string of the molecule is C#CCNC(=NCCCCCCC(=O)OC)NCC.I. The summed E-state index contributed by atoms with van der Waals surface area (Å²) in [5, 5.41) is 6.16. The molecule has 0 aromatic heterocycles. The highest BCUT2D eigenvalue weighted by Crippen LogP contribution is 2.03. The Bertz CT molecular complexity index is 314. The van der Waals surface area contributed by atoms with Crippen LogP contribution in [0.3, 0.4) is 0 Å². The number of terminal acetylenes is 1. The van der Waals surface area contributed by atoms with Gasteiger partial charge in [0.05, 0.1) is 13.7 Å². The number of rotatable bonds is 9. The van der Waals surface area contributed by atoms with Crippen molar-refractivity contribution in [3.63, 3.8) is 0 Å². The number of carbonyl (C=O) groups is 1. The minimum Gasteiger partial charge on any atom is -0.469 e. The van der Waals surface area contributed by atoms with Crippen LogP contribution in [0.2, 0.25) is 0 Å². The van der Waals surface area contributed by atoms with Gasteiger partial charge in [-0.15, -0.1) is 30.4 Å². The Balaban J connectivity index is 0. The van der Waals surface area contributed by atoms with Crippen LogP contribution in [-0.2, 0) is 9.53 Å². The minimum absolute atomic E-state index is 0. The van der Waals surface area contributed by atoms with Crippen LogP contribution in [0.5, 0.6) is 0 Å². The van der Waals surface area contributed by atoms with E-state index in [1.54, 1.807) is 0 Å². The fraction of sp³-hybridized carbons (Fsp3) is 0.714. The van der Waals surface area contributed by atoms with E-state index in [0.29, 0.717) is 13.0 Å². The van der Waals surface area contributed by atoms with Gasteiger partial charge in [-0.3, -0.25) is 9.79 Å². The fourth-order valence-electron chi connectivity index (χ4n) is 1.50. The fourth-order valence-corrected chi connectivity index (χ4v) is 1.50. The Hall–Kier alpha value is -0.970. The summed E-state index contributed by atoms with van der Waals surface area (Å²) >= 11 is 0. The number of hydrogen-bond acceptors (Lipinski definition) is 3. The van der Waals surface area contributed by atoms with Crippen molar-refractivity contribution < 1.29 is 9.53 Å². The van der Waals surface area contributed by atoms with Crippen molar-refractivity contribution in [3.8, 4) is 12.3 Å². The molecule has 0 bridgehead atoms. The predicted octanol–water partition coefficient (Wildman–Crippen LogP) is 1.92. The molecule has 2 N–H and O–H groups in total. The van der Waals surface area contributed by atoms with Crippen LogP contribution in [0.4, 0.5) is 0 Å². The van der Waals surface area contributed by atoms with Crippen molar-refractivity contribution in [1.82, 2.24) is 10.6 Å². The Labute approximate surface area is 139 Å². The van der Waals surface area contributed by atoms with E-state index in [1.807, 2.05) is 6.92 Å². The molecule has 0 spiro atoms. The summed E-state index contributed by atoms with van der Waals surface area (Å²) in [6.07, 6.45) is 9.67. The first-order valence-corrected chi connectivity index (χ1v) is 6.77. The van der Waals surface area contributed by atoms with E-state index in [9.17, 15) is 4.79 Å². The molecule has 20 heavy (non-hydrogen) atoms. The molecule has 0 atom stereocenters. The molecule has 0 rings (SSSR count). The molecule has 0 aromatic carbocycles. The van der Waals surface area contributed by atoms with Crippen LogP contribution in [0.1, 0.15) is 39.0 Å². The van der Waals surface area contributed by atoms with Crippen LogP contribution in [0.25, 0.3) is 0 Å². The quantitative estimate of drug-likeness (QED) is 0.156. The molecule has 0 aliphatic carbocycles. The second-order valence-corrected chi connectivity index (χ2v) is 4.06. The highest BCUT2D eigenvalue weighted by atomic mass is 127. The van der Waals surface area contributed by atoms with Gasteiger partial charge in [0.25, 0.3) is 0 Å². The van der Waals surface area contributed by atoms with Gasteiger partial charge in [-0.2, -0.15) is 0 Å². The van der Waals surface area contributed by atoms with Crippen LogP contribution in [0.15, 0.2) is 4.99 Å². The number of methoxy groups -OCH3 is 1. The van der Waals surface area contributed by atoms with Gasteiger partial charge in [0.15, 0.2) is 5.96 Å². The van der Waals surface area contributed by atoms with Crippen molar-refractivity contribution in [2.45, 2.75) is 39.0 Å². The largest absolute Gasteiger partial charge is 0.469 e. The molecule has 0 radical (unpaired) electrons. The maximum atomic E-state index is 10.9. The number of hydrogen-bond donors (Lipinski definition) is 2. The van der Waals surface area contributed by atoms with Crippen molar-refractivity contribution in [3.05, 3.63) is 0 Å². The van der Waals surface area contributed by atoms with Crippen LogP contribution in [-0.4, -0.2) is 38.7 Å². The maximum absolute atomic E-state index is 10.9. The molecule has 0 saturated heterocycles. The van der Waals surface area contributed by atoms with E-state index in [2.05, 4.69) is 26.3 Å². The molecule has 0 aliphatic heterocycles. The Morgan fingerprint density at radius 2 is 1.95 bits per heavy atom. The molecule has 0 saturated carbocycles. The topological polar surface area (TPSA) is 62.7 Å². The molecule has 0 unspecified atom stereocenters. The normalized spacial score (nSPS) is 10.2. The zero-order valence-electron chi connectivity index (χ0n) is 12.4. The number of halogens is 1. The number of unbranched alkanes of at least 4 members (excludes halogenated alkanes) is 3. The third kappa shape index (κ3) is 13.5. The number of aliphatic imine (C=N–C) groups is 1. The summed E-state index contributed by atoms with van der Waals surface area (Å²) in [5.41, 5.74) is 0. The van der Waals surface area contributed by atoms with Gasteiger partial charge in [0, 0.05) is 19.5 Å². The average Bonchev–Trinajstić information content (AvgIpc) is 2.43. The second-order valence-electron chi connectivity index (χ2n) is 4.06. The van der Waals surface area contributed by atoms with Gasteiger partial charge in [0.1, 0.15) is 0 Å². The number of carbonyl (C=O) groups excluding carboxylic acids is 1. The standard InChI is InChI=1S/C14H25N3O2.HI/c1-4-11-16-14(15-5-2)17-12-9-7-6-8-10-13(18)19-3;/h1H,5-12H2,2-3H3,(H2,15,16,17);1H. The minimum atomic E-state index is -0.133. The van der Waals surface area contributed by atoms with Crippen molar-refractivity contribution in [2.24, 2.45) is 4.99 Å². The summed E-state index contributed by atoms with van der Waals surface area (Å²) in [7, 11) is 1.42. The summed E-state index contributed by atoms with van der Waals surface area (Å²) in [4.78, 5) is 15.3. The molecule has 0 fully saturated rings. The lowest BCUT2D eigenvalue weighted by Gasteiger charge is -2.08.